The van der Waals surface area contributed by atoms with Crippen LogP contribution in [0.4, 0.5) is 0 Å². The Morgan fingerprint density at radius 2 is 1.96 bits per heavy atom. The molecule has 126 valence electrons. The molecule has 1 aliphatic rings. The number of esters is 1. The van der Waals surface area contributed by atoms with Crippen molar-refractivity contribution in [3.05, 3.63) is 59.7 Å². The van der Waals surface area contributed by atoms with E-state index in [1.165, 1.54) is 18.9 Å². The summed E-state index contributed by atoms with van der Waals surface area (Å²) in [7, 11) is 1.36. The minimum absolute atomic E-state index is 0.0648. The molecular formula is C18H15N3O3S. The van der Waals surface area contributed by atoms with Crippen LogP contribution in [0.1, 0.15) is 15.9 Å². The lowest BCUT2D eigenvalue weighted by atomic mass is 9.99. The number of hydrogen-bond acceptors (Lipinski definition) is 6. The maximum absolute atomic E-state index is 11.5. The van der Waals surface area contributed by atoms with E-state index in [9.17, 15) is 9.59 Å². The molecule has 3 rings (SSSR count). The predicted octanol–water partition coefficient (Wildman–Crippen LogP) is 2.69. The summed E-state index contributed by atoms with van der Waals surface area (Å²) in [6, 6.07) is 14.9. The van der Waals surface area contributed by atoms with E-state index >= 15 is 0 Å². The summed E-state index contributed by atoms with van der Waals surface area (Å²) in [5.41, 5.74) is 3.29. The van der Waals surface area contributed by atoms with Crippen LogP contribution in [0.3, 0.4) is 0 Å². The van der Waals surface area contributed by atoms with Crippen molar-refractivity contribution < 1.29 is 14.3 Å². The fraction of sp³-hybridized carbons (Fsp3) is 0.111. The largest absolute Gasteiger partial charge is 0.465 e. The van der Waals surface area contributed by atoms with Gasteiger partial charge in [-0.1, -0.05) is 48.2 Å². The Labute approximate surface area is 149 Å². The van der Waals surface area contributed by atoms with Crippen molar-refractivity contribution in [2.75, 3.05) is 12.9 Å². The van der Waals surface area contributed by atoms with Gasteiger partial charge in [-0.25, -0.2) is 4.79 Å². The minimum atomic E-state index is -0.367. The van der Waals surface area contributed by atoms with Crippen LogP contribution >= 0.6 is 11.8 Å². The molecule has 1 fully saturated rings. The van der Waals surface area contributed by atoms with Crippen LogP contribution in [-0.2, 0) is 9.53 Å². The van der Waals surface area contributed by atoms with Crippen LogP contribution in [0.15, 0.2) is 58.7 Å². The second-order valence-corrected chi connectivity index (χ2v) is 6.11. The van der Waals surface area contributed by atoms with Gasteiger partial charge in [0.15, 0.2) is 5.17 Å². The summed E-state index contributed by atoms with van der Waals surface area (Å²) in [5.74, 6) is -0.0596. The van der Waals surface area contributed by atoms with Gasteiger partial charge in [-0.05, 0) is 23.3 Å². The molecule has 1 aliphatic heterocycles. The Kier molecular flexibility index (Phi) is 5.25. The number of rotatable bonds is 4. The third kappa shape index (κ3) is 4.13. The zero-order valence-corrected chi connectivity index (χ0v) is 14.2. The number of hydrogen-bond donors (Lipinski definition) is 1. The highest BCUT2D eigenvalue weighted by molar-refractivity contribution is 8.15. The smallest absolute Gasteiger partial charge is 0.337 e. The number of amides is 1. The van der Waals surface area contributed by atoms with E-state index in [1.807, 2.05) is 36.4 Å². The molecule has 7 heteroatoms. The van der Waals surface area contributed by atoms with Gasteiger partial charge in [-0.15, -0.1) is 5.10 Å². The second kappa shape index (κ2) is 7.76. The molecule has 0 spiro atoms. The number of ether oxygens (including phenoxy) is 1. The third-order valence-corrected chi connectivity index (χ3v) is 4.37. The predicted molar refractivity (Wildman–Crippen MR) is 98.8 cm³/mol. The SMILES string of the molecule is COC(=O)c1ccc(-c2ccccc2C=NN=C2NC(=O)CS2)cc1. The van der Waals surface area contributed by atoms with Gasteiger partial charge in [-0.3, -0.25) is 4.79 Å². The average molecular weight is 353 g/mol. The monoisotopic (exact) mass is 353 g/mol. The van der Waals surface area contributed by atoms with E-state index in [1.54, 1.807) is 18.3 Å². The molecule has 0 bridgehead atoms. The van der Waals surface area contributed by atoms with Crippen LogP contribution < -0.4 is 5.32 Å². The lowest BCUT2D eigenvalue weighted by Crippen LogP contribution is -2.19. The Bertz CT molecular complexity index is 860. The molecule has 2 aromatic rings. The molecule has 1 heterocycles. The molecule has 6 nitrogen and oxygen atoms in total. The molecule has 0 atom stereocenters. The van der Waals surface area contributed by atoms with Gasteiger partial charge in [0.05, 0.1) is 24.6 Å². The number of methoxy groups -OCH3 is 1. The average Bonchev–Trinajstić information content (AvgIpc) is 3.07. The molecule has 2 aromatic carbocycles. The Morgan fingerprint density at radius 3 is 2.64 bits per heavy atom. The molecule has 0 saturated carbocycles. The lowest BCUT2D eigenvalue weighted by molar-refractivity contribution is -0.116. The highest BCUT2D eigenvalue weighted by Crippen LogP contribution is 2.23. The maximum Gasteiger partial charge on any atom is 0.337 e. The first-order valence-corrected chi connectivity index (χ1v) is 8.47. The first kappa shape index (κ1) is 16.9. The second-order valence-electron chi connectivity index (χ2n) is 5.14. The molecule has 1 saturated heterocycles. The topological polar surface area (TPSA) is 80.1 Å². The summed E-state index contributed by atoms with van der Waals surface area (Å²) in [6.07, 6.45) is 1.64. The van der Waals surface area contributed by atoms with Crippen molar-refractivity contribution in [1.82, 2.24) is 5.32 Å². The number of thioether (sulfide) groups is 1. The highest BCUT2D eigenvalue weighted by Gasteiger charge is 2.16. The number of nitrogens with one attached hydrogen (secondary N) is 1. The van der Waals surface area contributed by atoms with Gasteiger partial charge in [0.2, 0.25) is 5.91 Å². The number of carbonyl (C=O) groups excluding carboxylic acids is 2. The molecular weight excluding hydrogens is 338 g/mol. The van der Waals surface area contributed by atoms with Crippen LogP contribution in [0.2, 0.25) is 0 Å². The van der Waals surface area contributed by atoms with Gasteiger partial charge in [0, 0.05) is 5.56 Å². The normalized spacial score (nSPS) is 15.6. The minimum Gasteiger partial charge on any atom is -0.465 e. The first-order valence-electron chi connectivity index (χ1n) is 7.49. The summed E-state index contributed by atoms with van der Waals surface area (Å²) >= 11 is 1.32. The summed E-state index contributed by atoms with van der Waals surface area (Å²) < 4.78 is 4.71. The Balaban J connectivity index is 1.83. The molecule has 0 aliphatic carbocycles. The van der Waals surface area contributed by atoms with E-state index in [0.29, 0.717) is 16.5 Å². The summed E-state index contributed by atoms with van der Waals surface area (Å²) in [4.78, 5) is 22.7. The standard InChI is InChI=1S/C18H15N3O3S/c1-24-17(23)13-8-6-12(7-9-13)15-5-3-2-4-14(15)10-19-21-18-20-16(22)11-25-18/h2-10H,11H2,1H3,(H,20,21,22). The van der Waals surface area contributed by atoms with Crippen LogP contribution in [0.25, 0.3) is 11.1 Å². The summed E-state index contributed by atoms with van der Waals surface area (Å²) in [5, 5.41) is 11.2. The molecule has 25 heavy (non-hydrogen) atoms. The number of nitrogens with zero attached hydrogens (tertiary/aromatic N) is 2. The third-order valence-electron chi connectivity index (χ3n) is 3.51. The molecule has 0 radical (unpaired) electrons. The van der Waals surface area contributed by atoms with E-state index in [2.05, 4.69) is 15.5 Å². The fourth-order valence-corrected chi connectivity index (χ4v) is 2.93. The number of carbonyl (C=O) groups is 2. The molecule has 0 unspecified atom stereocenters. The highest BCUT2D eigenvalue weighted by atomic mass is 32.2. The maximum atomic E-state index is 11.5. The molecule has 1 amide bonds. The Morgan fingerprint density at radius 1 is 1.20 bits per heavy atom. The molecule has 1 N–H and O–H groups in total. The van der Waals surface area contributed by atoms with E-state index in [-0.39, 0.29) is 11.9 Å². The van der Waals surface area contributed by atoms with Crippen molar-refractivity contribution in [1.29, 1.82) is 0 Å². The van der Waals surface area contributed by atoms with Crippen LogP contribution in [-0.4, -0.2) is 36.1 Å². The quantitative estimate of drug-likeness (QED) is 0.521. The van der Waals surface area contributed by atoms with E-state index in [0.717, 1.165) is 16.7 Å². The van der Waals surface area contributed by atoms with Crippen molar-refractivity contribution in [3.63, 3.8) is 0 Å². The van der Waals surface area contributed by atoms with Gasteiger partial charge in [0.1, 0.15) is 0 Å². The number of amidine groups is 1. The van der Waals surface area contributed by atoms with E-state index in [4.69, 9.17) is 4.74 Å². The summed E-state index contributed by atoms with van der Waals surface area (Å²) in [6.45, 7) is 0. The van der Waals surface area contributed by atoms with Crippen molar-refractivity contribution in [3.8, 4) is 11.1 Å². The zero-order valence-electron chi connectivity index (χ0n) is 13.4. The molecule has 0 aromatic heterocycles. The van der Waals surface area contributed by atoms with Crippen molar-refractivity contribution >= 4 is 35.0 Å². The Hall–Kier alpha value is -2.93. The fourth-order valence-electron chi connectivity index (χ4n) is 2.30. The van der Waals surface area contributed by atoms with Gasteiger partial charge in [0.25, 0.3) is 0 Å². The van der Waals surface area contributed by atoms with Gasteiger partial charge >= 0.3 is 5.97 Å². The lowest BCUT2D eigenvalue weighted by Gasteiger charge is -2.06. The number of benzene rings is 2. The van der Waals surface area contributed by atoms with Crippen LogP contribution in [0.5, 0.6) is 0 Å². The van der Waals surface area contributed by atoms with Crippen LogP contribution in [0, 0.1) is 0 Å². The van der Waals surface area contributed by atoms with Crippen molar-refractivity contribution in [2.24, 2.45) is 10.2 Å². The van der Waals surface area contributed by atoms with E-state index < -0.39 is 0 Å². The first-order chi connectivity index (χ1) is 12.2. The van der Waals surface area contributed by atoms with Gasteiger partial charge in [-0.2, -0.15) is 5.10 Å². The zero-order chi connectivity index (χ0) is 17.6. The van der Waals surface area contributed by atoms with Crippen molar-refractivity contribution in [2.45, 2.75) is 0 Å². The van der Waals surface area contributed by atoms with Gasteiger partial charge < -0.3 is 10.1 Å².